The number of nitrogens with zero attached hydrogens (tertiary/aromatic N) is 5. The van der Waals surface area contributed by atoms with Crippen LogP contribution in [0.5, 0.6) is 5.75 Å². The number of halogens is 2. The molecule has 35 heavy (non-hydrogen) atoms. The average molecular weight is 496 g/mol. The van der Waals surface area contributed by atoms with Gasteiger partial charge in [0.25, 0.3) is 5.56 Å². The third-order valence-corrected chi connectivity index (χ3v) is 7.23. The van der Waals surface area contributed by atoms with Crippen LogP contribution in [0.1, 0.15) is 29.3 Å². The van der Waals surface area contributed by atoms with E-state index in [1.807, 2.05) is 6.20 Å². The van der Waals surface area contributed by atoms with Crippen molar-refractivity contribution in [2.45, 2.75) is 32.3 Å². The molecule has 3 aromatic heterocycles. The van der Waals surface area contributed by atoms with Crippen LogP contribution in [-0.4, -0.2) is 30.5 Å². The quantitative estimate of drug-likeness (QED) is 0.364. The topological polar surface area (TPSA) is 83.9 Å². The van der Waals surface area contributed by atoms with Crippen LogP contribution in [-0.2, 0) is 7.05 Å². The number of rotatable bonds is 5. The molecule has 2 aromatic carbocycles. The molecular weight excluding hydrogens is 476 g/mol. The second kappa shape index (κ2) is 7.84. The van der Waals surface area contributed by atoms with Gasteiger partial charge < -0.3 is 4.74 Å². The van der Waals surface area contributed by atoms with Gasteiger partial charge in [-0.3, -0.25) is 9.48 Å². The number of benzene rings is 2. The van der Waals surface area contributed by atoms with E-state index >= 15 is 0 Å². The van der Waals surface area contributed by atoms with Crippen LogP contribution in [0.15, 0.2) is 52.2 Å². The van der Waals surface area contributed by atoms with Crippen molar-refractivity contribution in [1.29, 1.82) is 0 Å². The molecule has 0 bridgehead atoms. The number of hydrogen-bond acceptors (Lipinski definition) is 6. The second-order valence-electron chi connectivity index (χ2n) is 8.61. The Morgan fingerprint density at radius 2 is 1.91 bits per heavy atom. The normalized spacial score (nSPS) is 13.9. The molecule has 0 aliphatic heterocycles. The lowest BCUT2D eigenvalue weighted by Gasteiger charge is -2.14. The average Bonchev–Trinajstić information content (AvgIpc) is 3.44. The van der Waals surface area contributed by atoms with Crippen molar-refractivity contribution in [3.63, 3.8) is 0 Å². The van der Waals surface area contributed by atoms with Crippen molar-refractivity contribution in [1.82, 2.24) is 23.9 Å². The van der Waals surface area contributed by atoms with Gasteiger partial charge in [-0.25, -0.2) is 18.9 Å². The number of hydrogen-bond donors (Lipinski definition) is 0. The number of ether oxygens (including phenoxy) is 1. The molecular formula is C24H19F2N5O3S. The third kappa shape index (κ3) is 3.63. The fraction of sp³-hybridized carbons (Fsp3) is 0.250. The zero-order chi connectivity index (χ0) is 24.4. The van der Waals surface area contributed by atoms with E-state index < -0.39 is 17.9 Å². The van der Waals surface area contributed by atoms with E-state index in [1.165, 1.54) is 34.1 Å². The first-order valence-electron chi connectivity index (χ1n) is 11.0. The summed E-state index contributed by atoms with van der Waals surface area (Å²) in [4.78, 5) is 32.1. The highest BCUT2D eigenvalue weighted by Crippen LogP contribution is 2.42. The van der Waals surface area contributed by atoms with Gasteiger partial charge in [0, 0.05) is 24.5 Å². The van der Waals surface area contributed by atoms with Gasteiger partial charge in [0.2, 0.25) is 0 Å². The summed E-state index contributed by atoms with van der Waals surface area (Å²) in [6, 6.07) is 9.53. The standard InChI is InChI=1S/C24H19F2N5O3S/c1-12-9-16(34-23(25)26)6-8-18(12)31-20-19(35-21(27-20)13-3-4-13)22(32)30(24(31)33)15-5-7-17-14(10-15)11-29(2)28-17/h5-11,13,23H,3-4H2,1-2H3. The van der Waals surface area contributed by atoms with E-state index in [9.17, 15) is 18.4 Å². The molecule has 0 radical (unpaired) electrons. The monoisotopic (exact) mass is 495 g/mol. The summed E-state index contributed by atoms with van der Waals surface area (Å²) in [5.41, 5.74) is 1.35. The Morgan fingerprint density at radius 1 is 1.11 bits per heavy atom. The predicted molar refractivity (Wildman–Crippen MR) is 128 cm³/mol. The van der Waals surface area contributed by atoms with Crippen LogP contribution in [0.4, 0.5) is 8.78 Å². The van der Waals surface area contributed by atoms with Crippen LogP contribution in [0.2, 0.25) is 0 Å². The van der Waals surface area contributed by atoms with Crippen molar-refractivity contribution in [3.8, 4) is 17.1 Å². The molecule has 8 nitrogen and oxygen atoms in total. The fourth-order valence-electron chi connectivity index (χ4n) is 4.28. The zero-order valence-corrected chi connectivity index (χ0v) is 19.6. The first kappa shape index (κ1) is 21.7. The highest BCUT2D eigenvalue weighted by Gasteiger charge is 2.30. The molecule has 0 N–H and O–H groups in total. The molecule has 0 saturated heterocycles. The Hall–Kier alpha value is -3.86. The maximum Gasteiger partial charge on any atom is 0.387 e. The van der Waals surface area contributed by atoms with Gasteiger partial charge in [-0.15, -0.1) is 11.3 Å². The van der Waals surface area contributed by atoms with Crippen molar-refractivity contribution in [2.24, 2.45) is 7.05 Å². The summed E-state index contributed by atoms with van der Waals surface area (Å²) < 4.78 is 34.4. The minimum Gasteiger partial charge on any atom is -0.435 e. The van der Waals surface area contributed by atoms with Gasteiger partial charge in [-0.2, -0.15) is 13.9 Å². The Balaban J connectivity index is 1.64. The fourth-order valence-corrected chi connectivity index (χ4v) is 5.43. The highest BCUT2D eigenvalue weighted by molar-refractivity contribution is 7.18. The van der Waals surface area contributed by atoms with Gasteiger partial charge in [-0.05, 0) is 61.7 Å². The number of alkyl halides is 2. The van der Waals surface area contributed by atoms with Gasteiger partial charge in [0.05, 0.1) is 21.9 Å². The summed E-state index contributed by atoms with van der Waals surface area (Å²) in [6.45, 7) is -1.27. The molecule has 0 spiro atoms. The maximum atomic E-state index is 13.9. The molecule has 11 heteroatoms. The molecule has 178 valence electrons. The van der Waals surface area contributed by atoms with E-state index in [2.05, 4.69) is 14.8 Å². The van der Waals surface area contributed by atoms with E-state index in [0.29, 0.717) is 27.6 Å². The van der Waals surface area contributed by atoms with Crippen LogP contribution >= 0.6 is 11.3 Å². The van der Waals surface area contributed by atoms with Crippen LogP contribution in [0, 0.1) is 6.92 Å². The third-order valence-electron chi connectivity index (χ3n) is 6.04. The number of fused-ring (bicyclic) bond motifs is 2. The molecule has 5 aromatic rings. The Bertz CT molecular complexity index is 1750. The Labute approximate surface area is 200 Å². The van der Waals surface area contributed by atoms with Crippen LogP contribution in [0.25, 0.3) is 32.6 Å². The van der Waals surface area contributed by atoms with Crippen molar-refractivity contribution < 1.29 is 13.5 Å². The lowest BCUT2D eigenvalue weighted by Crippen LogP contribution is -2.38. The smallest absolute Gasteiger partial charge is 0.387 e. The lowest BCUT2D eigenvalue weighted by molar-refractivity contribution is -0.0498. The van der Waals surface area contributed by atoms with Gasteiger partial charge in [0.1, 0.15) is 10.4 Å². The molecule has 0 amide bonds. The molecule has 1 aliphatic rings. The summed E-state index contributed by atoms with van der Waals surface area (Å²) in [5.74, 6) is 0.274. The second-order valence-corrected chi connectivity index (χ2v) is 9.64. The molecule has 6 rings (SSSR count). The summed E-state index contributed by atoms with van der Waals surface area (Å²) in [5, 5.41) is 5.96. The predicted octanol–water partition coefficient (Wildman–Crippen LogP) is 4.27. The van der Waals surface area contributed by atoms with Gasteiger partial charge >= 0.3 is 12.3 Å². The van der Waals surface area contributed by atoms with E-state index in [-0.39, 0.29) is 11.4 Å². The van der Waals surface area contributed by atoms with E-state index in [4.69, 9.17) is 0 Å². The molecule has 3 heterocycles. The number of aromatic nitrogens is 5. The van der Waals surface area contributed by atoms with Crippen LogP contribution < -0.4 is 16.0 Å². The largest absolute Gasteiger partial charge is 0.435 e. The minimum atomic E-state index is -2.96. The lowest BCUT2D eigenvalue weighted by atomic mass is 10.2. The van der Waals surface area contributed by atoms with Gasteiger partial charge in [0.15, 0.2) is 5.65 Å². The summed E-state index contributed by atoms with van der Waals surface area (Å²) in [7, 11) is 1.80. The van der Waals surface area contributed by atoms with Crippen molar-refractivity contribution in [3.05, 3.63) is 74.0 Å². The highest BCUT2D eigenvalue weighted by atomic mass is 32.1. The molecule has 0 unspecified atom stereocenters. The maximum absolute atomic E-state index is 13.9. The number of aryl methyl sites for hydroxylation is 2. The van der Waals surface area contributed by atoms with Gasteiger partial charge in [-0.1, -0.05) is 0 Å². The Kier molecular flexibility index (Phi) is 4.85. The summed E-state index contributed by atoms with van der Waals surface area (Å²) in [6.07, 6.45) is 3.80. The first-order chi connectivity index (χ1) is 16.8. The summed E-state index contributed by atoms with van der Waals surface area (Å²) >= 11 is 1.30. The zero-order valence-electron chi connectivity index (χ0n) is 18.7. The van der Waals surface area contributed by atoms with Crippen molar-refractivity contribution >= 4 is 32.6 Å². The minimum absolute atomic E-state index is 0.0159. The first-order valence-corrected chi connectivity index (χ1v) is 11.8. The Morgan fingerprint density at radius 3 is 2.63 bits per heavy atom. The molecule has 1 fully saturated rings. The number of thiazole rings is 1. The molecule has 1 aliphatic carbocycles. The van der Waals surface area contributed by atoms with Crippen LogP contribution in [0.3, 0.4) is 0 Å². The van der Waals surface area contributed by atoms with E-state index in [1.54, 1.807) is 36.9 Å². The molecule has 1 saturated carbocycles. The van der Waals surface area contributed by atoms with E-state index in [0.717, 1.165) is 33.3 Å². The van der Waals surface area contributed by atoms with Crippen molar-refractivity contribution in [2.75, 3.05) is 0 Å². The molecule has 0 atom stereocenters. The SMILES string of the molecule is Cc1cc(OC(F)F)ccc1-n1c(=O)n(-c2ccc3nn(C)cc3c2)c(=O)c2sc(C3CC3)nc21.